The molecule has 4 fully saturated rings. The first-order valence-electron chi connectivity index (χ1n) is 11.4. The fourth-order valence-corrected chi connectivity index (χ4v) is 7.61. The highest BCUT2D eigenvalue weighted by molar-refractivity contribution is 5.87. The average Bonchev–Trinajstić information content (AvgIpc) is 2.96. The number of oxime groups is 1. The Labute approximate surface area is 169 Å². The lowest BCUT2D eigenvalue weighted by molar-refractivity contribution is -0.214. The lowest BCUT2D eigenvalue weighted by atomic mass is 9.41. The number of Topliss-reactive ketones (excluding diaryl/α,β-unsaturated/α-hetero) is 1. The van der Waals surface area contributed by atoms with Crippen LogP contribution in [0.25, 0.3) is 0 Å². The van der Waals surface area contributed by atoms with Crippen LogP contribution in [0.1, 0.15) is 78.6 Å². The summed E-state index contributed by atoms with van der Waals surface area (Å²) in [6.45, 7) is 7.92. The zero-order chi connectivity index (χ0) is 20.2. The van der Waals surface area contributed by atoms with E-state index in [9.17, 15) is 9.90 Å². The van der Waals surface area contributed by atoms with Gasteiger partial charge in [-0.2, -0.15) is 0 Å². The summed E-state index contributed by atoms with van der Waals surface area (Å²) in [6.07, 6.45) is 8.22. The molecule has 0 amide bonds. The minimum atomic E-state index is -0.723. The normalized spacial score (nSPS) is 49.5. The highest BCUT2D eigenvalue weighted by Crippen LogP contribution is 2.67. The summed E-state index contributed by atoms with van der Waals surface area (Å²) in [5.41, 5.74) is 5.59. The predicted molar refractivity (Wildman–Crippen MR) is 110 cm³/mol. The monoisotopic (exact) mass is 390 g/mol. The van der Waals surface area contributed by atoms with Gasteiger partial charge >= 0.3 is 0 Å². The first-order chi connectivity index (χ1) is 13.3. The third kappa shape index (κ3) is 2.79. The van der Waals surface area contributed by atoms with Crippen LogP contribution in [0.5, 0.6) is 0 Å². The number of ketones is 1. The second-order valence-electron chi connectivity index (χ2n) is 10.6. The van der Waals surface area contributed by atoms with Gasteiger partial charge in [-0.1, -0.05) is 25.9 Å². The molecule has 0 aliphatic heterocycles. The van der Waals surface area contributed by atoms with E-state index in [2.05, 4.69) is 25.9 Å². The van der Waals surface area contributed by atoms with Crippen LogP contribution in [-0.4, -0.2) is 35.4 Å². The number of hydrogen-bond acceptors (Lipinski definition) is 5. The molecule has 0 aromatic heterocycles. The van der Waals surface area contributed by atoms with Crippen LogP contribution in [0.4, 0.5) is 0 Å². The molecule has 0 bridgehead atoms. The van der Waals surface area contributed by atoms with Gasteiger partial charge in [0.15, 0.2) is 0 Å². The summed E-state index contributed by atoms with van der Waals surface area (Å²) >= 11 is 0. The maximum atomic E-state index is 12.6. The van der Waals surface area contributed by atoms with Gasteiger partial charge < -0.3 is 15.7 Å². The van der Waals surface area contributed by atoms with Gasteiger partial charge in [-0.05, 0) is 75.2 Å². The minimum Gasteiger partial charge on any atom is -0.396 e. The van der Waals surface area contributed by atoms with E-state index in [4.69, 9.17) is 10.6 Å². The quantitative estimate of drug-likeness (QED) is 0.566. The second kappa shape index (κ2) is 7.09. The highest BCUT2D eigenvalue weighted by Gasteiger charge is 2.66. The maximum Gasteiger partial charge on any atom is 0.139 e. The summed E-state index contributed by atoms with van der Waals surface area (Å²) in [5.74, 6) is 2.30. The first-order valence-corrected chi connectivity index (χ1v) is 11.4. The lowest BCUT2D eigenvalue weighted by Gasteiger charge is -2.65. The third-order valence-corrected chi connectivity index (χ3v) is 9.43. The standard InChI is InChI=1S/C23H38N2O3/c1-15-13-17-18-5-6-20(26)21(18,2)9-8-19(17)22(3)10-7-16(14-23(15,22)27)25-28-12-4-11-24/h15,17-19,27H,4-14,24H2,1-3H3/t15-,17-,18-,19-,21-,22+,23-/m0/s1. The van der Waals surface area contributed by atoms with Crippen LogP contribution in [0.3, 0.4) is 0 Å². The fourth-order valence-electron chi connectivity index (χ4n) is 7.61. The number of hydrogen-bond donors (Lipinski definition) is 2. The molecule has 3 N–H and O–H groups in total. The van der Waals surface area contributed by atoms with Crippen LogP contribution < -0.4 is 5.73 Å². The number of rotatable bonds is 4. The largest absolute Gasteiger partial charge is 0.396 e. The Bertz CT molecular complexity index is 664. The van der Waals surface area contributed by atoms with Gasteiger partial charge in [0, 0.05) is 23.7 Å². The Morgan fingerprint density at radius 2 is 2.00 bits per heavy atom. The van der Waals surface area contributed by atoms with Crippen LogP contribution in [0, 0.1) is 34.5 Å². The number of nitrogens with two attached hydrogens (primary N) is 1. The van der Waals surface area contributed by atoms with Crippen molar-refractivity contribution in [2.75, 3.05) is 13.2 Å². The van der Waals surface area contributed by atoms with Crippen molar-refractivity contribution >= 4 is 11.5 Å². The van der Waals surface area contributed by atoms with Gasteiger partial charge in [0.25, 0.3) is 0 Å². The van der Waals surface area contributed by atoms with Crippen LogP contribution in [-0.2, 0) is 9.63 Å². The molecule has 158 valence electrons. The van der Waals surface area contributed by atoms with Gasteiger partial charge in [-0.15, -0.1) is 0 Å². The Kier molecular flexibility index (Phi) is 5.15. The number of carbonyl (C=O) groups is 1. The molecule has 4 saturated carbocycles. The van der Waals surface area contributed by atoms with E-state index < -0.39 is 5.60 Å². The van der Waals surface area contributed by atoms with Gasteiger partial charge in [0.2, 0.25) is 0 Å². The molecule has 0 saturated heterocycles. The summed E-state index contributed by atoms with van der Waals surface area (Å²) in [7, 11) is 0. The summed E-state index contributed by atoms with van der Waals surface area (Å²) in [5, 5.41) is 16.3. The molecule has 4 aliphatic carbocycles. The molecule has 0 aromatic rings. The predicted octanol–water partition coefficient (Wildman–Crippen LogP) is 3.68. The number of aliphatic hydroxyl groups is 1. The molecule has 0 heterocycles. The smallest absolute Gasteiger partial charge is 0.139 e. The van der Waals surface area contributed by atoms with Gasteiger partial charge in [-0.3, -0.25) is 4.79 Å². The van der Waals surface area contributed by atoms with Crippen molar-refractivity contribution in [3.63, 3.8) is 0 Å². The van der Waals surface area contributed by atoms with Crippen LogP contribution in [0.2, 0.25) is 0 Å². The molecule has 4 rings (SSSR count). The van der Waals surface area contributed by atoms with Crippen molar-refractivity contribution in [3.05, 3.63) is 0 Å². The van der Waals surface area contributed by atoms with E-state index in [-0.39, 0.29) is 16.7 Å². The van der Waals surface area contributed by atoms with Crippen molar-refractivity contribution in [2.45, 2.75) is 84.2 Å². The van der Waals surface area contributed by atoms with E-state index in [1.807, 2.05) is 0 Å². The van der Waals surface area contributed by atoms with Crippen molar-refractivity contribution in [1.29, 1.82) is 0 Å². The molecule has 0 aromatic carbocycles. The molecule has 7 atom stereocenters. The fraction of sp³-hybridized carbons (Fsp3) is 0.913. The first kappa shape index (κ1) is 20.3. The SMILES string of the molecule is C[C@H]1C[C@H]2[C@@H]3CCC(=O)[C@@]3(C)CC[C@@H]2[C@@]2(C)CCC(=NOCCCN)C[C@]12O. The van der Waals surface area contributed by atoms with Crippen molar-refractivity contribution in [1.82, 2.24) is 0 Å². The maximum absolute atomic E-state index is 12.6. The van der Waals surface area contributed by atoms with Crippen molar-refractivity contribution in [2.24, 2.45) is 45.4 Å². The summed E-state index contributed by atoms with van der Waals surface area (Å²) < 4.78 is 0. The molecule has 5 nitrogen and oxygen atoms in total. The van der Waals surface area contributed by atoms with Gasteiger partial charge in [0.1, 0.15) is 12.4 Å². The molecule has 0 radical (unpaired) electrons. The Morgan fingerprint density at radius 1 is 1.21 bits per heavy atom. The Morgan fingerprint density at radius 3 is 2.75 bits per heavy atom. The van der Waals surface area contributed by atoms with Crippen LogP contribution >= 0.6 is 0 Å². The zero-order valence-electron chi connectivity index (χ0n) is 17.9. The Balaban J connectivity index is 1.57. The van der Waals surface area contributed by atoms with Crippen LogP contribution in [0.15, 0.2) is 5.16 Å². The van der Waals surface area contributed by atoms with E-state index >= 15 is 0 Å². The zero-order valence-corrected chi connectivity index (χ0v) is 17.9. The Hall–Kier alpha value is -0.940. The van der Waals surface area contributed by atoms with Crippen molar-refractivity contribution < 1.29 is 14.7 Å². The van der Waals surface area contributed by atoms with Crippen molar-refractivity contribution in [3.8, 4) is 0 Å². The average molecular weight is 391 g/mol. The molecule has 4 aliphatic rings. The minimum absolute atomic E-state index is 0.0986. The summed E-state index contributed by atoms with van der Waals surface area (Å²) in [4.78, 5) is 18.1. The molecular formula is C23H38N2O3. The third-order valence-electron chi connectivity index (χ3n) is 9.43. The highest BCUT2D eigenvalue weighted by atomic mass is 16.6. The van der Waals surface area contributed by atoms with E-state index in [0.717, 1.165) is 57.1 Å². The number of nitrogens with zero attached hydrogens (tertiary/aromatic N) is 1. The topological polar surface area (TPSA) is 84.9 Å². The lowest BCUT2D eigenvalue weighted by Crippen LogP contribution is -2.65. The van der Waals surface area contributed by atoms with Gasteiger partial charge in [-0.25, -0.2) is 0 Å². The second-order valence-corrected chi connectivity index (χ2v) is 10.6. The van der Waals surface area contributed by atoms with Gasteiger partial charge in [0.05, 0.1) is 11.3 Å². The molecule has 28 heavy (non-hydrogen) atoms. The molecule has 0 spiro atoms. The molecular weight excluding hydrogens is 352 g/mol. The number of fused-ring (bicyclic) bond motifs is 5. The molecule has 0 unspecified atom stereocenters. The number of carbonyl (C=O) groups excluding carboxylic acids is 1. The summed E-state index contributed by atoms with van der Waals surface area (Å²) in [6, 6.07) is 0. The molecule has 5 heteroatoms. The van der Waals surface area contributed by atoms with E-state index in [1.54, 1.807) is 0 Å². The van der Waals surface area contributed by atoms with E-state index in [1.165, 1.54) is 0 Å². The van der Waals surface area contributed by atoms with E-state index in [0.29, 0.717) is 43.1 Å².